The Hall–Kier alpha value is -1.55. The number of aryl methyl sites for hydroxylation is 1. The summed E-state index contributed by atoms with van der Waals surface area (Å²) in [5.74, 6) is 0. The Kier molecular flexibility index (Phi) is 5.55. The van der Waals surface area contributed by atoms with Crippen LogP contribution in [0.1, 0.15) is 17.4 Å². The van der Waals surface area contributed by atoms with Gasteiger partial charge in [-0.05, 0) is 54.4 Å². The molecule has 1 aromatic heterocycles. The summed E-state index contributed by atoms with van der Waals surface area (Å²) >= 11 is 9.41. The molecule has 0 saturated heterocycles. The molecule has 0 bridgehead atoms. The number of aliphatic imine (C=N–C) groups is 1. The van der Waals surface area contributed by atoms with Gasteiger partial charge in [-0.3, -0.25) is 4.99 Å². The molecule has 1 nitrogen and oxygen atoms in total. The van der Waals surface area contributed by atoms with Crippen LogP contribution in [0.2, 0.25) is 5.02 Å². The van der Waals surface area contributed by atoms with Gasteiger partial charge in [0.15, 0.2) is 0 Å². The standard InChI is InChI=1S/C19H16ClNS2/c1-2-14-5-3-4-6-18(14)21-13-17-11-12-19(23-17)22-16-9-7-15(20)8-10-16/h3-13H,2H2,1H3. The van der Waals surface area contributed by atoms with Crippen LogP contribution in [0.25, 0.3) is 0 Å². The van der Waals surface area contributed by atoms with Crippen molar-refractivity contribution in [1.82, 2.24) is 0 Å². The van der Waals surface area contributed by atoms with Gasteiger partial charge in [0.2, 0.25) is 0 Å². The van der Waals surface area contributed by atoms with Crippen LogP contribution in [0.3, 0.4) is 0 Å². The van der Waals surface area contributed by atoms with Crippen molar-refractivity contribution in [1.29, 1.82) is 0 Å². The number of hydrogen-bond acceptors (Lipinski definition) is 3. The van der Waals surface area contributed by atoms with Gasteiger partial charge in [-0.2, -0.15) is 0 Å². The van der Waals surface area contributed by atoms with E-state index in [1.54, 1.807) is 23.1 Å². The molecule has 23 heavy (non-hydrogen) atoms. The lowest BCUT2D eigenvalue weighted by molar-refractivity contribution is 1.13. The molecule has 1 heterocycles. The van der Waals surface area contributed by atoms with Crippen LogP contribution in [-0.4, -0.2) is 6.21 Å². The van der Waals surface area contributed by atoms with E-state index in [-0.39, 0.29) is 0 Å². The summed E-state index contributed by atoms with van der Waals surface area (Å²) in [6.07, 6.45) is 2.95. The van der Waals surface area contributed by atoms with E-state index in [2.05, 4.69) is 42.2 Å². The van der Waals surface area contributed by atoms with E-state index in [1.807, 2.05) is 36.5 Å². The highest BCUT2D eigenvalue weighted by Gasteiger charge is 2.02. The van der Waals surface area contributed by atoms with Crippen LogP contribution in [0.15, 0.2) is 74.8 Å². The molecule has 0 aliphatic carbocycles. The van der Waals surface area contributed by atoms with Crippen molar-refractivity contribution in [2.45, 2.75) is 22.4 Å². The van der Waals surface area contributed by atoms with E-state index in [1.165, 1.54) is 14.7 Å². The predicted octanol–water partition coefficient (Wildman–Crippen LogP) is 6.87. The molecule has 3 aromatic rings. The van der Waals surface area contributed by atoms with Crippen molar-refractivity contribution in [3.05, 3.63) is 76.1 Å². The van der Waals surface area contributed by atoms with Crippen molar-refractivity contribution in [2.24, 2.45) is 4.99 Å². The number of rotatable bonds is 5. The highest BCUT2D eigenvalue weighted by atomic mass is 35.5. The molecule has 0 N–H and O–H groups in total. The second kappa shape index (κ2) is 7.82. The zero-order chi connectivity index (χ0) is 16.1. The molecule has 0 spiro atoms. The van der Waals surface area contributed by atoms with Crippen molar-refractivity contribution in [3.8, 4) is 0 Å². The Bertz CT molecular complexity index is 806. The fraction of sp³-hybridized carbons (Fsp3) is 0.105. The maximum absolute atomic E-state index is 5.92. The van der Waals surface area contributed by atoms with E-state index in [4.69, 9.17) is 11.6 Å². The molecule has 0 amide bonds. The normalized spacial score (nSPS) is 11.2. The van der Waals surface area contributed by atoms with Crippen molar-refractivity contribution in [2.75, 3.05) is 0 Å². The SMILES string of the molecule is CCc1ccccc1N=Cc1ccc(Sc2ccc(Cl)cc2)s1. The Morgan fingerprint density at radius 3 is 2.61 bits per heavy atom. The Morgan fingerprint density at radius 2 is 1.83 bits per heavy atom. The van der Waals surface area contributed by atoms with Crippen LogP contribution in [0, 0.1) is 0 Å². The molecule has 0 saturated carbocycles. The monoisotopic (exact) mass is 357 g/mol. The second-order valence-corrected chi connectivity index (χ2v) is 7.88. The maximum atomic E-state index is 5.92. The van der Waals surface area contributed by atoms with Crippen molar-refractivity contribution in [3.63, 3.8) is 0 Å². The third-order valence-corrected chi connectivity index (χ3v) is 5.75. The smallest absolute Gasteiger partial charge is 0.0662 e. The first kappa shape index (κ1) is 16.3. The summed E-state index contributed by atoms with van der Waals surface area (Å²) in [6.45, 7) is 2.15. The van der Waals surface area contributed by atoms with Gasteiger partial charge in [0.1, 0.15) is 0 Å². The Balaban J connectivity index is 1.72. The molecular formula is C19H16ClNS2. The molecule has 2 aromatic carbocycles. The van der Waals surface area contributed by atoms with Gasteiger partial charge in [0, 0.05) is 21.0 Å². The highest BCUT2D eigenvalue weighted by Crippen LogP contribution is 2.33. The summed E-state index contributed by atoms with van der Waals surface area (Å²) in [4.78, 5) is 6.99. The van der Waals surface area contributed by atoms with Gasteiger partial charge in [0.25, 0.3) is 0 Å². The first-order valence-corrected chi connectivity index (χ1v) is 9.41. The summed E-state index contributed by atoms with van der Waals surface area (Å²) in [5, 5.41) is 0.767. The predicted molar refractivity (Wildman–Crippen MR) is 103 cm³/mol. The topological polar surface area (TPSA) is 12.4 Å². The molecular weight excluding hydrogens is 342 g/mol. The molecule has 0 aliphatic heterocycles. The molecule has 0 aliphatic rings. The highest BCUT2D eigenvalue weighted by molar-refractivity contribution is 8.01. The third-order valence-electron chi connectivity index (χ3n) is 3.34. The van der Waals surface area contributed by atoms with Gasteiger partial charge < -0.3 is 0 Å². The van der Waals surface area contributed by atoms with Crippen LogP contribution in [0.4, 0.5) is 5.69 Å². The van der Waals surface area contributed by atoms with Gasteiger partial charge in [-0.25, -0.2) is 0 Å². The van der Waals surface area contributed by atoms with E-state index >= 15 is 0 Å². The number of halogens is 1. The van der Waals surface area contributed by atoms with Crippen LogP contribution in [0.5, 0.6) is 0 Å². The molecule has 4 heteroatoms. The number of nitrogens with zero attached hydrogens (tertiary/aromatic N) is 1. The molecule has 0 atom stereocenters. The van der Waals surface area contributed by atoms with E-state index in [9.17, 15) is 0 Å². The number of thiophene rings is 1. The minimum absolute atomic E-state index is 0.767. The van der Waals surface area contributed by atoms with Crippen LogP contribution < -0.4 is 0 Å². The largest absolute Gasteiger partial charge is 0.255 e. The second-order valence-electron chi connectivity index (χ2n) is 4.95. The number of benzene rings is 2. The van der Waals surface area contributed by atoms with Crippen LogP contribution >= 0.6 is 34.7 Å². The van der Waals surface area contributed by atoms with Gasteiger partial charge >= 0.3 is 0 Å². The summed E-state index contributed by atoms with van der Waals surface area (Å²) < 4.78 is 1.25. The average Bonchev–Trinajstić information content (AvgIpc) is 3.03. The molecule has 0 radical (unpaired) electrons. The minimum Gasteiger partial charge on any atom is -0.255 e. The van der Waals surface area contributed by atoms with E-state index in [0.29, 0.717) is 0 Å². The first-order chi connectivity index (χ1) is 11.2. The number of para-hydroxylation sites is 1. The van der Waals surface area contributed by atoms with Crippen molar-refractivity contribution >= 4 is 46.6 Å². The third kappa shape index (κ3) is 4.47. The summed E-state index contributed by atoms with van der Waals surface area (Å²) in [6, 6.07) is 20.4. The van der Waals surface area contributed by atoms with E-state index in [0.717, 1.165) is 22.0 Å². The summed E-state index contributed by atoms with van der Waals surface area (Å²) in [7, 11) is 0. The average molecular weight is 358 g/mol. The van der Waals surface area contributed by atoms with Gasteiger partial charge in [0.05, 0.1) is 9.90 Å². The lowest BCUT2D eigenvalue weighted by atomic mass is 10.1. The lowest BCUT2D eigenvalue weighted by Gasteiger charge is -2.00. The van der Waals surface area contributed by atoms with Gasteiger partial charge in [-0.1, -0.05) is 48.5 Å². The molecule has 0 fully saturated rings. The van der Waals surface area contributed by atoms with Gasteiger partial charge in [-0.15, -0.1) is 11.3 Å². The van der Waals surface area contributed by atoms with E-state index < -0.39 is 0 Å². The van der Waals surface area contributed by atoms with Crippen molar-refractivity contribution < 1.29 is 0 Å². The quantitative estimate of drug-likeness (QED) is 0.454. The fourth-order valence-electron chi connectivity index (χ4n) is 2.15. The Morgan fingerprint density at radius 1 is 1.04 bits per heavy atom. The van der Waals surface area contributed by atoms with Crippen LogP contribution in [-0.2, 0) is 6.42 Å². The minimum atomic E-state index is 0.767. The number of hydrogen-bond donors (Lipinski definition) is 0. The summed E-state index contributed by atoms with van der Waals surface area (Å²) in [5.41, 5.74) is 2.33. The first-order valence-electron chi connectivity index (χ1n) is 7.40. The lowest BCUT2D eigenvalue weighted by Crippen LogP contribution is -1.80. The molecule has 116 valence electrons. The zero-order valence-electron chi connectivity index (χ0n) is 12.7. The molecule has 3 rings (SSSR count). The fourth-order valence-corrected chi connectivity index (χ4v) is 4.27. The maximum Gasteiger partial charge on any atom is 0.0662 e. The zero-order valence-corrected chi connectivity index (χ0v) is 15.1. The molecule has 0 unspecified atom stereocenters. The Labute approximate surface area is 150 Å².